The molecule has 0 saturated heterocycles. The second kappa shape index (κ2) is 7.96. The topological polar surface area (TPSA) is 30.5 Å². The lowest BCUT2D eigenvalue weighted by Gasteiger charge is -2.15. The van der Waals surface area contributed by atoms with Crippen LogP contribution >= 0.6 is 0 Å². The monoisotopic (exact) mass is 237 g/mol. The quantitative estimate of drug-likeness (QED) is 0.754. The van der Waals surface area contributed by atoms with Crippen LogP contribution in [0.5, 0.6) is 11.5 Å². The Kier molecular flexibility index (Phi) is 6.48. The number of hydrogen-bond donors (Lipinski definition) is 1. The maximum absolute atomic E-state index is 5.78. The highest BCUT2D eigenvalue weighted by Crippen LogP contribution is 2.26. The Morgan fingerprint density at radius 3 is 2.41 bits per heavy atom. The molecule has 0 aromatic heterocycles. The highest BCUT2D eigenvalue weighted by molar-refractivity contribution is 5.39. The van der Waals surface area contributed by atoms with E-state index in [9.17, 15) is 0 Å². The van der Waals surface area contributed by atoms with Gasteiger partial charge in [0.1, 0.15) is 0 Å². The summed E-state index contributed by atoms with van der Waals surface area (Å²) in [5.74, 6) is 2.16. The van der Waals surface area contributed by atoms with Crippen LogP contribution in [0.4, 0.5) is 0 Å². The van der Waals surface area contributed by atoms with E-state index in [0.29, 0.717) is 12.5 Å². The molecule has 0 bridgehead atoms. The van der Waals surface area contributed by atoms with Crippen LogP contribution in [0, 0.1) is 5.92 Å². The Morgan fingerprint density at radius 1 is 1.18 bits per heavy atom. The van der Waals surface area contributed by atoms with Gasteiger partial charge in [-0.25, -0.2) is 0 Å². The highest BCUT2D eigenvalue weighted by Gasteiger charge is 2.06. The summed E-state index contributed by atoms with van der Waals surface area (Å²) < 4.78 is 11.4. The van der Waals surface area contributed by atoms with Crippen molar-refractivity contribution in [2.75, 3.05) is 26.8 Å². The summed E-state index contributed by atoms with van der Waals surface area (Å²) in [6.45, 7) is 6.64. The molecule has 17 heavy (non-hydrogen) atoms. The molecule has 0 amide bonds. The van der Waals surface area contributed by atoms with Crippen LogP contribution in [0.1, 0.15) is 20.3 Å². The first kappa shape index (κ1) is 13.8. The summed E-state index contributed by atoms with van der Waals surface area (Å²) in [5, 5.41) is 3.14. The zero-order valence-electron chi connectivity index (χ0n) is 11.0. The molecular weight excluding hydrogens is 214 g/mol. The molecular formula is C14H23NO2. The predicted octanol–water partition coefficient (Wildman–Crippen LogP) is 2.71. The van der Waals surface area contributed by atoms with Gasteiger partial charge in [-0.3, -0.25) is 0 Å². The molecule has 96 valence electrons. The molecule has 1 aromatic carbocycles. The third-order valence-electron chi connectivity index (χ3n) is 2.39. The first-order valence-corrected chi connectivity index (χ1v) is 6.27. The third kappa shape index (κ3) is 5.09. The molecule has 0 aliphatic heterocycles. The number of hydrogen-bond acceptors (Lipinski definition) is 3. The van der Waals surface area contributed by atoms with Crippen molar-refractivity contribution in [2.24, 2.45) is 5.92 Å². The predicted molar refractivity (Wildman–Crippen MR) is 70.8 cm³/mol. The Balaban J connectivity index is 2.51. The van der Waals surface area contributed by atoms with Crippen LogP contribution in [-0.4, -0.2) is 26.8 Å². The second-order valence-corrected chi connectivity index (χ2v) is 4.27. The largest absolute Gasteiger partial charge is 0.490 e. The lowest BCUT2D eigenvalue weighted by Crippen LogP contribution is -2.21. The van der Waals surface area contributed by atoms with Gasteiger partial charge in [0.15, 0.2) is 11.5 Å². The van der Waals surface area contributed by atoms with Crippen molar-refractivity contribution >= 4 is 0 Å². The minimum absolute atomic E-state index is 0.485. The molecule has 3 nitrogen and oxygen atoms in total. The number of para-hydroxylation sites is 2. The van der Waals surface area contributed by atoms with Crippen molar-refractivity contribution in [2.45, 2.75) is 20.3 Å². The summed E-state index contributed by atoms with van der Waals surface area (Å²) in [4.78, 5) is 0. The molecule has 0 aliphatic rings. The van der Waals surface area contributed by atoms with Gasteiger partial charge in [-0.05, 0) is 25.6 Å². The fourth-order valence-corrected chi connectivity index (χ4v) is 1.54. The van der Waals surface area contributed by atoms with Crippen LogP contribution in [0.25, 0.3) is 0 Å². The first-order valence-electron chi connectivity index (χ1n) is 6.27. The van der Waals surface area contributed by atoms with Gasteiger partial charge in [0.25, 0.3) is 0 Å². The van der Waals surface area contributed by atoms with E-state index < -0.39 is 0 Å². The molecule has 1 N–H and O–H groups in total. The lowest BCUT2D eigenvalue weighted by molar-refractivity contribution is 0.235. The van der Waals surface area contributed by atoms with Gasteiger partial charge >= 0.3 is 0 Å². The van der Waals surface area contributed by atoms with E-state index in [4.69, 9.17) is 9.47 Å². The number of rotatable bonds is 8. The van der Waals surface area contributed by atoms with Gasteiger partial charge in [-0.2, -0.15) is 0 Å². The molecule has 0 heterocycles. The average molecular weight is 237 g/mol. The number of nitrogens with one attached hydrogen (secondary N) is 1. The van der Waals surface area contributed by atoms with Crippen molar-refractivity contribution in [3.63, 3.8) is 0 Å². The van der Waals surface area contributed by atoms with Crippen LogP contribution in [-0.2, 0) is 0 Å². The van der Waals surface area contributed by atoms with Crippen molar-refractivity contribution in [1.29, 1.82) is 0 Å². The Hall–Kier alpha value is -1.22. The molecule has 3 heteroatoms. The minimum Gasteiger partial charge on any atom is -0.490 e. The number of benzene rings is 1. The fourth-order valence-electron chi connectivity index (χ4n) is 1.54. The van der Waals surface area contributed by atoms with Crippen molar-refractivity contribution in [3.05, 3.63) is 24.3 Å². The molecule has 1 aromatic rings. The second-order valence-electron chi connectivity index (χ2n) is 4.27. The van der Waals surface area contributed by atoms with E-state index in [1.54, 1.807) is 0 Å². The maximum Gasteiger partial charge on any atom is 0.161 e. The van der Waals surface area contributed by atoms with Crippen molar-refractivity contribution < 1.29 is 9.47 Å². The molecule has 0 radical (unpaired) electrons. The van der Waals surface area contributed by atoms with Crippen molar-refractivity contribution in [1.82, 2.24) is 5.32 Å². The van der Waals surface area contributed by atoms with Gasteiger partial charge in [-0.1, -0.05) is 26.0 Å². The van der Waals surface area contributed by atoms with Gasteiger partial charge in [0, 0.05) is 12.5 Å². The Morgan fingerprint density at radius 2 is 1.82 bits per heavy atom. The molecule has 1 unspecified atom stereocenters. The molecule has 0 aliphatic carbocycles. The summed E-state index contributed by atoms with van der Waals surface area (Å²) in [5.41, 5.74) is 0. The molecule has 0 saturated carbocycles. The van der Waals surface area contributed by atoms with Gasteiger partial charge in [0.2, 0.25) is 0 Å². The summed E-state index contributed by atoms with van der Waals surface area (Å²) >= 11 is 0. The number of ether oxygens (including phenoxy) is 2. The van der Waals surface area contributed by atoms with Crippen LogP contribution in [0.15, 0.2) is 24.3 Å². The standard InChI is InChI=1S/C14H23NO2/c1-4-9-16-13-7-5-6-8-14(13)17-11-12(2)10-15-3/h5-8,12,15H,4,9-11H2,1-3H3. The van der Waals surface area contributed by atoms with Crippen LogP contribution in [0.2, 0.25) is 0 Å². The van der Waals surface area contributed by atoms with E-state index in [0.717, 1.165) is 31.1 Å². The summed E-state index contributed by atoms with van der Waals surface area (Å²) in [6, 6.07) is 7.84. The van der Waals surface area contributed by atoms with E-state index in [1.165, 1.54) is 0 Å². The molecule has 0 fully saturated rings. The first-order chi connectivity index (χ1) is 8.27. The van der Waals surface area contributed by atoms with Gasteiger partial charge in [-0.15, -0.1) is 0 Å². The van der Waals surface area contributed by atoms with E-state index >= 15 is 0 Å². The highest BCUT2D eigenvalue weighted by atomic mass is 16.5. The van der Waals surface area contributed by atoms with Gasteiger partial charge < -0.3 is 14.8 Å². The smallest absolute Gasteiger partial charge is 0.161 e. The molecule has 1 rings (SSSR count). The molecule has 0 spiro atoms. The SMILES string of the molecule is CCCOc1ccccc1OCC(C)CNC. The zero-order valence-corrected chi connectivity index (χ0v) is 11.0. The zero-order chi connectivity index (χ0) is 12.5. The van der Waals surface area contributed by atoms with E-state index in [-0.39, 0.29) is 0 Å². The van der Waals surface area contributed by atoms with Crippen molar-refractivity contribution in [3.8, 4) is 11.5 Å². The Bertz CT molecular complexity index is 315. The van der Waals surface area contributed by atoms with E-state index in [1.807, 2.05) is 31.3 Å². The Labute approximate surface area is 104 Å². The summed E-state index contributed by atoms with van der Waals surface area (Å²) in [7, 11) is 1.95. The van der Waals surface area contributed by atoms with Crippen LogP contribution in [0.3, 0.4) is 0 Å². The fraction of sp³-hybridized carbons (Fsp3) is 0.571. The normalized spacial score (nSPS) is 12.2. The summed E-state index contributed by atoms with van der Waals surface area (Å²) in [6.07, 6.45) is 1.00. The van der Waals surface area contributed by atoms with Gasteiger partial charge in [0.05, 0.1) is 13.2 Å². The lowest BCUT2D eigenvalue weighted by atomic mass is 10.2. The average Bonchev–Trinajstić information content (AvgIpc) is 2.35. The third-order valence-corrected chi connectivity index (χ3v) is 2.39. The maximum atomic E-state index is 5.78. The molecule has 1 atom stereocenters. The van der Waals surface area contributed by atoms with E-state index in [2.05, 4.69) is 19.2 Å². The van der Waals surface area contributed by atoms with Crippen LogP contribution < -0.4 is 14.8 Å². The minimum atomic E-state index is 0.485.